The lowest BCUT2D eigenvalue weighted by atomic mass is 9.77. The van der Waals surface area contributed by atoms with Gasteiger partial charge in [-0.15, -0.1) is 0 Å². The lowest BCUT2D eigenvalue weighted by molar-refractivity contribution is 0.185. The molecule has 0 atom stereocenters. The molecule has 1 aliphatic rings. The number of ether oxygens (including phenoxy) is 1. The van der Waals surface area contributed by atoms with Gasteiger partial charge < -0.3 is 4.74 Å². The fourth-order valence-corrected chi connectivity index (χ4v) is 3.23. The molecule has 1 nitrogen and oxygen atoms in total. The lowest BCUT2D eigenvalue weighted by Gasteiger charge is -2.28. The van der Waals surface area contributed by atoms with E-state index in [-0.39, 0.29) is 0 Å². The minimum atomic E-state index is 0.674. The maximum atomic E-state index is 11.9. The molecule has 2 heteroatoms. The normalized spacial score (nSPS) is 23.3. The predicted molar refractivity (Wildman–Crippen MR) is 81.3 cm³/mol. The molecule has 0 spiro atoms. The molecule has 20 heavy (non-hydrogen) atoms. The van der Waals surface area contributed by atoms with E-state index in [1.165, 1.54) is 36.8 Å². The van der Waals surface area contributed by atoms with Crippen LogP contribution in [0.25, 0.3) is 0 Å². The third-order valence-electron chi connectivity index (χ3n) is 4.44. The smallest absolute Gasteiger partial charge is 0.0827 e. The average Bonchev–Trinajstić information content (AvgIpc) is 2.49. The van der Waals surface area contributed by atoms with E-state index >= 15 is 0 Å². The van der Waals surface area contributed by atoms with Crippen LogP contribution in [-0.2, 0) is 11.3 Å². The van der Waals surface area contributed by atoms with Gasteiger partial charge >= 0.3 is 0 Å². The Morgan fingerprint density at radius 1 is 1.15 bits per heavy atom. The molecule has 2 rings (SSSR count). The van der Waals surface area contributed by atoms with E-state index in [1.54, 1.807) is 13.2 Å². The molecule has 0 aliphatic heterocycles. The Bertz CT molecular complexity index is 402. The lowest BCUT2D eigenvalue weighted by Crippen LogP contribution is -2.13. The van der Waals surface area contributed by atoms with Gasteiger partial charge in [0.2, 0.25) is 0 Å². The molecule has 0 amide bonds. The van der Waals surface area contributed by atoms with E-state index in [4.69, 9.17) is 4.74 Å². The zero-order valence-electron chi connectivity index (χ0n) is 12.4. The topological polar surface area (TPSA) is 9.23 Å². The van der Waals surface area contributed by atoms with Crippen molar-refractivity contribution in [2.24, 2.45) is 5.92 Å². The first-order chi connectivity index (χ1) is 9.83. The Kier molecular flexibility index (Phi) is 6.25. The monoisotopic (exact) mass is 276 g/mol. The molecule has 1 aromatic carbocycles. The van der Waals surface area contributed by atoms with Crippen LogP contribution in [0, 0.1) is 5.92 Å². The number of methoxy groups -OCH3 is 1. The first-order valence-corrected chi connectivity index (χ1v) is 7.66. The summed E-state index contributed by atoms with van der Waals surface area (Å²) < 4.78 is 17.1. The van der Waals surface area contributed by atoms with Crippen molar-refractivity contribution in [2.75, 3.05) is 7.11 Å². The van der Waals surface area contributed by atoms with Gasteiger partial charge in [-0.05, 0) is 61.5 Å². The Balaban J connectivity index is 1.80. The Hall–Kier alpha value is -1.15. The maximum absolute atomic E-state index is 11.9. The van der Waals surface area contributed by atoms with Crippen LogP contribution in [0.4, 0.5) is 4.39 Å². The number of halogens is 1. The molecule has 1 saturated carbocycles. The van der Waals surface area contributed by atoms with Crippen LogP contribution in [0.3, 0.4) is 0 Å². The van der Waals surface area contributed by atoms with E-state index in [1.807, 2.05) is 0 Å². The molecule has 0 bridgehead atoms. The molecule has 1 aromatic rings. The number of allylic oxidation sites excluding steroid dienone is 1. The molecule has 0 N–H and O–H groups in total. The van der Waals surface area contributed by atoms with E-state index < -0.39 is 0 Å². The van der Waals surface area contributed by atoms with Crippen molar-refractivity contribution >= 4 is 0 Å². The van der Waals surface area contributed by atoms with Crippen molar-refractivity contribution in [1.29, 1.82) is 0 Å². The highest BCUT2D eigenvalue weighted by molar-refractivity contribution is 5.25. The van der Waals surface area contributed by atoms with Crippen molar-refractivity contribution in [3.05, 3.63) is 47.8 Å². The van der Waals surface area contributed by atoms with E-state index in [0.717, 1.165) is 18.8 Å². The van der Waals surface area contributed by atoms with Gasteiger partial charge in [-0.2, -0.15) is 0 Å². The van der Waals surface area contributed by atoms with Crippen molar-refractivity contribution < 1.29 is 9.13 Å². The summed E-state index contributed by atoms with van der Waals surface area (Å²) in [6, 6.07) is 8.87. The summed E-state index contributed by atoms with van der Waals surface area (Å²) in [5, 5.41) is 0. The van der Waals surface area contributed by atoms with Crippen LogP contribution < -0.4 is 0 Å². The first-order valence-electron chi connectivity index (χ1n) is 7.66. The van der Waals surface area contributed by atoms with Gasteiger partial charge in [-0.3, -0.25) is 0 Å². The van der Waals surface area contributed by atoms with Crippen molar-refractivity contribution in [2.45, 2.75) is 51.0 Å². The van der Waals surface area contributed by atoms with Gasteiger partial charge in [0.25, 0.3) is 0 Å². The largest absolute Gasteiger partial charge is 0.380 e. The second-order valence-electron chi connectivity index (χ2n) is 5.83. The predicted octanol–water partition coefficient (Wildman–Crippen LogP) is 5.37. The van der Waals surface area contributed by atoms with Crippen molar-refractivity contribution in [3.8, 4) is 0 Å². The van der Waals surface area contributed by atoms with Crippen LogP contribution in [0.2, 0.25) is 0 Å². The molecular weight excluding hydrogens is 251 g/mol. The summed E-state index contributed by atoms with van der Waals surface area (Å²) in [4.78, 5) is 0. The fourth-order valence-electron chi connectivity index (χ4n) is 3.23. The zero-order chi connectivity index (χ0) is 14.2. The maximum Gasteiger partial charge on any atom is 0.0827 e. The molecule has 0 aromatic heterocycles. The van der Waals surface area contributed by atoms with Crippen LogP contribution in [-0.4, -0.2) is 7.11 Å². The van der Waals surface area contributed by atoms with Gasteiger partial charge in [-0.1, -0.05) is 30.3 Å². The number of rotatable bonds is 6. The Labute approximate surface area is 121 Å². The van der Waals surface area contributed by atoms with Crippen LogP contribution in [0.15, 0.2) is 36.7 Å². The van der Waals surface area contributed by atoms with Crippen LogP contribution >= 0.6 is 0 Å². The summed E-state index contributed by atoms with van der Waals surface area (Å²) in [7, 11) is 1.73. The molecule has 1 aliphatic carbocycles. The summed E-state index contributed by atoms with van der Waals surface area (Å²) in [5.41, 5.74) is 2.70. The number of benzene rings is 1. The second-order valence-corrected chi connectivity index (χ2v) is 5.83. The third-order valence-corrected chi connectivity index (χ3v) is 4.44. The number of hydrogen-bond donors (Lipinski definition) is 0. The SMILES string of the molecule is COCc1ccc(C2CCC(CC/C=C/F)CC2)cc1. The molecule has 0 heterocycles. The minimum Gasteiger partial charge on any atom is -0.380 e. The second kappa shape index (κ2) is 8.21. The molecule has 110 valence electrons. The van der Waals surface area contributed by atoms with E-state index in [0.29, 0.717) is 18.9 Å². The summed E-state index contributed by atoms with van der Waals surface area (Å²) in [5.74, 6) is 1.50. The van der Waals surface area contributed by atoms with Crippen LogP contribution in [0.1, 0.15) is 55.6 Å². The molecular formula is C18H25FO. The van der Waals surface area contributed by atoms with E-state index in [9.17, 15) is 4.39 Å². The van der Waals surface area contributed by atoms with Gasteiger partial charge in [0.05, 0.1) is 12.9 Å². The minimum absolute atomic E-state index is 0.674. The first kappa shape index (κ1) is 15.2. The highest BCUT2D eigenvalue weighted by Crippen LogP contribution is 2.37. The van der Waals surface area contributed by atoms with Crippen LogP contribution in [0.5, 0.6) is 0 Å². The third kappa shape index (κ3) is 4.45. The highest BCUT2D eigenvalue weighted by Gasteiger charge is 2.21. The summed E-state index contributed by atoms with van der Waals surface area (Å²) >= 11 is 0. The quantitative estimate of drug-likeness (QED) is 0.678. The van der Waals surface area contributed by atoms with Crippen molar-refractivity contribution in [3.63, 3.8) is 0 Å². The standard InChI is InChI=1S/C18H25FO/c1-20-14-16-7-11-18(12-8-16)17-9-5-15(6-10-17)4-2-3-13-19/h3,7-8,11-13,15,17H,2,4-6,9-10,14H2,1H3/b13-3+. The molecule has 0 unspecified atom stereocenters. The molecule has 1 fully saturated rings. The van der Waals surface area contributed by atoms with E-state index in [2.05, 4.69) is 24.3 Å². The van der Waals surface area contributed by atoms with Gasteiger partial charge in [0.1, 0.15) is 0 Å². The Morgan fingerprint density at radius 2 is 1.85 bits per heavy atom. The molecule has 0 radical (unpaired) electrons. The van der Waals surface area contributed by atoms with Gasteiger partial charge in [-0.25, -0.2) is 4.39 Å². The highest BCUT2D eigenvalue weighted by atomic mass is 19.1. The van der Waals surface area contributed by atoms with Gasteiger partial charge in [0.15, 0.2) is 0 Å². The van der Waals surface area contributed by atoms with Gasteiger partial charge in [0, 0.05) is 7.11 Å². The van der Waals surface area contributed by atoms with Crippen molar-refractivity contribution in [1.82, 2.24) is 0 Å². The molecule has 0 saturated heterocycles. The average molecular weight is 276 g/mol. The zero-order valence-corrected chi connectivity index (χ0v) is 12.4. The number of hydrogen-bond acceptors (Lipinski definition) is 1. The Morgan fingerprint density at radius 3 is 2.45 bits per heavy atom. The fraction of sp³-hybridized carbons (Fsp3) is 0.556. The summed E-state index contributed by atoms with van der Waals surface area (Å²) in [6.07, 6.45) is 9.45. The summed E-state index contributed by atoms with van der Waals surface area (Å²) in [6.45, 7) is 0.690.